The first-order valence-corrected chi connectivity index (χ1v) is 10.1. The second kappa shape index (κ2) is 8.58. The first kappa shape index (κ1) is 18.8. The molecule has 1 atom stereocenters. The molecule has 3 rings (SSSR count). The van der Waals surface area contributed by atoms with Gasteiger partial charge >= 0.3 is 11.9 Å². The number of rotatable bonds is 8. The smallest absolute Gasteiger partial charge is 0.327 e. The highest BCUT2D eigenvalue weighted by atomic mass is 32.2. The fourth-order valence-electron chi connectivity index (χ4n) is 3.67. The number of imidazole rings is 1. The van der Waals surface area contributed by atoms with Crippen molar-refractivity contribution in [2.75, 3.05) is 5.75 Å². The van der Waals surface area contributed by atoms with E-state index < -0.39 is 24.4 Å². The number of nitrogens with zero attached hydrogens (tertiary/aromatic N) is 2. The molecule has 1 unspecified atom stereocenters. The Morgan fingerprint density at radius 2 is 1.92 bits per heavy atom. The van der Waals surface area contributed by atoms with Gasteiger partial charge in [-0.2, -0.15) is 0 Å². The van der Waals surface area contributed by atoms with E-state index in [9.17, 15) is 14.7 Å². The molecule has 1 aromatic carbocycles. The second-order valence-corrected chi connectivity index (χ2v) is 7.91. The molecule has 0 saturated heterocycles. The Balaban J connectivity index is 1.83. The van der Waals surface area contributed by atoms with Gasteiger partial charge in [-0.15, -0.1) is 0 Å². The van der Waals surface area contributed by atoms with Gasteiger partial charge in [0.25, 0.3) is 0 Å². The van der Waals surface area contributed by atoms with Gasteiger partial charge in [-0.3, -0.25) is 4.79 Å². The first-order valence-electron chi connectivity index (χ1n) is 9.10. The van der Waals surface area contributed by atoms with E-state index in [1.165, 1.54) is 43.9 Å². The van der Waals surface area contributed by atoms with Crippen LogP contribution in [0.3, 0.4) is 0 Å². The summed E-state index contributed by atoms with van der Waals surface area (Å²) in [5, 5.41) is 19.3. The first-order chi connectivity index (χ1) is 12.6. The van der Waals surface area contributed by atoms with Gasteiger partial charge in [-0.1, -0.05) is 56.0 Å². The van der Waals surface area contributed by atoms with Crippen molar-refractivity contribution < 1.29 is 19.8 Å². The average Bonchev–Trinajstić information content (AvgIpc) is 2.98. The number of carbonyl (C=O) groups is 2. The Morgan fingerprint density at radius 1 is 1.19 bits per heavy atom. The molecule has 1 fully saturated rings. The molecular formula is C19H24N2O4S. The normalized spacial score (nSPS) is 16.6. The van der Waals surface area contributed by atoms with Crippen LogP contribution in [0.1, 0.15) is 51.0 Å². The maximum atomic E-state index is 11.7. The summed E-state index contributed by atoms with van der Waals surface area (Å²) in [4.78, 5) is 27.5. The average molecular weight is 376 g/mol. The van der Waals surface area contributed by atoms with Crippen molar-refractivity contribution in [1.29, 1.82) is 0 Å². The summed E-state index contributed by atoms with van der Waals surface area (Å²) >= 11 is 1.53. The summed E-state index contributed by atoms with van der Waals surface area (Å²) in [5.41, 5.74) is 1.37. The van der Waals surface area contributed by atoms with E-state index >= 15 is 0 Å². The molecule has 0 spiro atoms. The van der Waals surface area contributed by atoms with Crippen LogP contribution >= 0.6 is 11.8 Å². The standard InChI is InChI=1S/C19H24N2O4S/c22-17(23)12-16(18(24)25)21-15-9-5-4-8-14(15)20-19(21)26-11-10-13-6-2-1-3-7-13/h4-5,8-9,13,16H,1-3,6-7,10-12H2,(H,22,23)(H,24,25). The van der Waals surface area contributed by atoms with Gasteiger partial charge in [-0.05, 0) is 24.5 Å². The fraction of sp³-hybridized carbons (Fsp3) is 0.526. The van der Waals surface area contributed by atoms with E-state index in [4.69, 9.17) is 5.11 Å². The van der Waals surface area contributed by atoms with Gasteiger partial charge in [0.2, 0.25) is 0 Å². The van der Waals surface area contributed by atoms with Crippen molar-refractivity contribution in [1.82, 2.24) is 9.55 Å². The summed E-state index contributed by atoms with van der Waals surface area (Å²) in [6.45, 7) is 0. The third-order valence-corrected chi connectivity index (χ3v) is 6.00. The Hall–Kier alpha value is -2.02. The summed E-state index contributed by atoms with van der Waals surface area (Å²) < 4.78 is 1.58. The number of carboxylic acid groups (broad SMARTS) is 2. The molecule has 1 aliphatic carbocycles. The number of carboxylic acids is 2. The highest BCUT2D eigenvalue weighted by molar-refractivity contribution is 7.99. The van der Waals surface area contributed by atoms with Crippen LogP contribution in [0.2, 0.25) is 0 Å². The maximum absolute atomic E-state index is 11.7. The monoisotopic (exact) mass is 376 g/mol. The molecule has 1 saturated carbocycles. The number of hydrogen-bond donors (Lipinski definition) is 2. The summed E-state index contributed by atoms with van der Waals surface area (Å²) in [6.07, 6.45) is 7.09. The topological polar surface area (TPSA) is 92.4 Å². The highest BCUT2D eigenvalue weighted by Crippen LogP contribution is 2.32. The molecule has 6 nitrogen and oxygen atoms in total. The van der Waals surface area contributed by atoms with E-state index in [0.717, 1.165) is 18.1 Å². The maximum Gasteiger partial charge on any atom is 0.327 e. The molecule has 140 valence electrons. The van der Waals surface area contributed by atoms with E-state index in [1.54, 1.807) is 10.6 Å². The minimum atomic E-state index is -1.16. The Kier molecular flexibility index (Phi) is 6.19. The van der Waals surface area contributed by atoms with Crippen molar-refractivity contribution in [3.63, 3.8) is 0 Å². The van der Waals surface area contributed by atoms with E-state index in [2.05, 4.69) is 4.98 Å². The summed E-state index contributed by atoms with van der Waals surface area (Å²) in [7, 11) is 0. The van der Waals surface area contributed by atoms with Crippen molar-refractivity contribution >= 4 is 34.7 Å². The minimum absolute atomic E-state index is 0.466. The van der Waals surface area contributed by atoms with Crippen LogP contribution in [0.5, 0.6) is 0 Å². The molecule has 0 aliphatic heterocycles. The Bertz CT molecular complexity index is 783. The Labute approximate surface area is 156 Å². The van der Waals surface area contributed by atoms with Crippen molar-refractivity contribution in [2.24, 2.45) is 5.92 Å². The largest absolute Gasteiger partial charge is 0.481 e. The predicted octanol–water partition coefficient (Wildman–Crippen LogP) is 4.20. The molecule has 2 aromatic rings. The minimum Gasteiger partial charge on any atom is -0.481 e. The van der Waals surface area contributed by atoms with Crippen LogP contribution in [0.4, 0.5) is 0 Å². The van der Waals surface area contributed by atoms with E-state index in [0.29, 0.717) is 16.2 Å². The third-order valence-electron chi connectivity index (χ3n) is 5.01. The lowest BCUT2D eigenvalue weighted by Crippen LogP contribution is -2.23. The lowest BCUT2D eigenvalue weighted by Gasteiger charge is -2.21. The van der Waals surface area contributed by atoms with Crippen LogP contribution in [-0.4, -0.2) is 37.5 Å². The van der Waals surface area contributed by atoms with Crippen molar-refractivity contribution in [3.8, 4) is 0 Å². The van der Waals surface area contributed by atoms with E-state index in [-0.39, 0.29) is 0 Å². The number of fused-ring (bicyclic) bond motifs is 1. The van der Waals surface area contributed by atoms with Crippen molar-refractivity contribution in [3.05, 3.63) is 24.3 Å². The molecule has 1 aromatic heterocycles. The molecule has 7 heteroatoms. The molecule has 1 aliphatic rings. The van der Waals surface area contributed by atoms with Crippen LogP contribution in [0.25, 0.3) is 11.0 Å². The van der Waals surface area contributed by atoms with Gasteiger partial charge in [-0.25, -0.2) is 9.78 Å². The van der Waals surface area contributed by atoms with Gasteiger partial charge in [0.15, 0.2) is 5.16 Å². The number of hydrogen-bond acceptors (Lipinski definition) is 4. The summed E-state index contributed by atoms with van der Waals surface area (Å²) in [5.74, 6) is -0.672. The number of benzene rings is 1. The van der Waals surface area contributed by atoms with Crippen molar-refractivity contribution in [2.45, 2.75) is 56.1 Å². The SMILES string of the molecule is O=C(O)CC(C(=O)O)n1c(SCCC2CCCCC2)nc2ccccc21. The second-order valence-electron chi connectivity index (χ2n) is 6.85. The van der Waals surface area contributed by atoms with Gasteiger partial charge in [0.1, 0.15) is 6.04 Å². The zero-order valence-corrected chi connectivity index (χ0v) is 15.5. The predicted molar refractivity (Wildman–Crippen MR) is 101 cm³/mol. The molecule has 0 bridgehead atoms. The quantitative estimate of drug-likeness (QED) is 0.671. The molecule has 2 N–H and O–H groups in total. The lowest BCUT2D eigenvalue weighted by molar-refractivity contribution is -0.147. The zero-order valence-electron chi connectivity index (χ0n) is 14.6. The van der Waals surface area contributed by atoms with Gasteiger partial charge in [0.05, 0.1) is 17.5 Å². The molecule has 1 heterocycles. The van der Waals surface area contributed by atoms with Gasteiger partial charge < -0.3 is 14.8 Å². The summed E-state index contributed by atoms with van der Waals surface area (Å²) in [6, 6.07) is 6.14. The van der Waals surface area contributed by atoms with Crippen LogP contribution in [0.15, 0.2) is 29.4 Å². The number of thioether (sulfide) groups is 1. The molecule has 0 radical (unpaired) electrons. The fourth-order valence-corrected chi connectivity index (χ4v) is 4.83. The molecule has 26 heavy (non-hydrogen) atoms. The van der Waals surface area contributed by atoms with Crippen LogP contribution in [-0.2, 0) is 9.59 Å². The number of aromatic nitrogens is 2. The third kappa shape index (κ3) is 4.38. The lowest BCUT2D eigenvalue weighted by atomic mass is 9.88. The zero-order chi connectivity index (χ0) is 18.5. The Morgan fingerprint density at radius 3 is 2.62 bits per heavy atom. The molecular weight excluding hydrogens is 352 g/mol. The number of aliphatic carboxylic acids is 2. The van der Waals surface area contributed by atoms with Crippen LogP contribution in [0, 0.1) is 5.92 Å². The number of para-hydroxylation sites is 2. The highest BCUT2D eigenvalue weighted by Gasteiger charge is 2.28. The van der Waals surface area contributed by atoms with E-state index in [1.807, 2.05) is 18.2 Å². The van der Waals surface area contributed by atoms with Gasteiger partial charge in [0, 0.05) is 5.75 Å². The molecule has 0 amide bonds. The van der Waals surface area contributed by atoms with Crippen LogP contribution < -0.4 is 0 Å².